The Morgan fingerprint density at radius 2 is 1.63 bits per heavy atom. The Morgan fingerprint density at radius 1 is 1.00 bits per heavy atom. The van der Waals surface area contributed by atoms with E-state index in [0.717, 1.165) is 11.1 Å². The van der Waals surface area contributed by atoms with Gasteiger partial charge in [0.1, 0.15) is 0 Å². The van der Waals surface area contributed by atoms with E-state index < -0.39 is 15.8 Å². The molecule has 2 aromatic rings. The molecule has 0 bridgehead atoms. The maximum absolute atomic E-state index is 11.6. The maximum Gasteiger partial charge on any atom is 0.246 e. The molecule has 0 aromatic heterocycles. The highest BCUT2D eigenvalue weighted by Gasteiger charge is 2.12. The molecule has 5 heteroatoms. The molecule has 0 spiro atoms. The molecule has 2 rings (SSSR count). The van der Waals surface area contributed by atoms with Crippen molar-refractivity contribution < 1.29 is 8.42 Å². The lowest BCUT2D eigenvalue weighted by molar-refractivity contribution is 0.604. The minimum absolute atomic E-state index is 0.476. The van der Waals surface area contributed by atoms with E-state index in [2.05, 4.69) is 4.72 Å². The molecule has 0 saturated heterocycles. The van der Waals surface area contributed by atoms with Crippen LogP contribution in [0.3, 0.4) is 0 Å². The van der Waals surface area contributed by atoms with E-state index in [1.807, 2.05) is 42.5 Å². The van der Waals surface area contributed by atoms with Gasteiger partial charge in [-0.3, -0.25) is 4.72 Å². The highest BCUT2D eigenvalue weighted by atomic mass is 32.2. The lowest BCUT2D eigenvalue weighted by atomic mass is 10.0. The zero-order chi connectivity index (χ0) is 13.7. The van der Waals surface area contributed by atoms with E-state index in [4.69, 9.17) is 5.26 Å². The molecule has 0 aliphatic rings. The minimum Gasteiger partial charge on any atom is -0.282 e. The van der Waals surface area contributed by atoms with Crippen LogP contribution >= 0.6 is 0 Å². The number of anilines is 1. The molecule has 4 nitrogen and oxygen atoms in total. The Labute approximate surface area is 112 Å². The fourth-order valence-electron chi connectivity index (χ4n) is 1.73. The Morgan fingerprint density at radius 3 is 2.32 bits per heavy atom. The van der Waals surface area contributed by atoms with E-state index in [-0.39, 0.29) is 0 Å². The van der Waals surface area contributed by atoms with Crippen LogP contribution in [0.15, 0.2) is 54.6 Å². The second-order valence-electron chi connectivity index (χ2n) is 3.93. The highest BCUT2D eigenvalue weighted by molar-refractivity contribution is 7.92. The van der Waals surface area contributed by atoms with Crippen molar-refractivity contribution in [2.75, 3.05) is 10.5 Å². The van der Waals surface area contributed by atoms with E-state index in [9.17, 15) is 8.42 Å². The van der Waals surface area contributed by atoms with Gasteiger partial charge in [0.15, 0.2) is 5.75 Å². The minimum atomic E-state index is -3.63. The Bertz CT molecular complexity index is 704. The van der Waals surface area contributed by atoms with Crippen LogP contribution in [0.25, 0.3) is 11.1 Å². The van der Waals surface area contributed by atoms with Gasteiger partial charge in [-0.25, -0.2) is 8.42 Å². The van der Waals surface area contributed by atoms with Crippen LogP contribution in [-0.2, 0) is 10.0 Å². The SMILES string of the molecule is N#CCS(=O)(=O)Nc1ccccc1-c1ccccc1. The first kappa shape index (κ1) is 13.1. The fourth-order valence-corrected chi connectivity index (χ4v) is 2.49. The summed E-state index contributed by atoms with van der Waals surface area (Å²) in [5.41, 5.74) is 2.17. The molecule has 0 amide bonds. The Hall–Kier alpha value is -2.32. The molecule has 0 aliphatic carbocycles. The van der Waals surface area contributed by atoms with Crippen molar-refractivity contribution in [1.29, 1.82) is 5.26 Å². The van der Waals surface area contributed by atoms with Gasteiger partial charge in [0.05, 0.1) is 11.8 Å². The number of benzene rings is 2. The van der Waals surface area contributed by atoms with Gasteiger partial charge in [0, 0.05) is 5.56 Å². The monoisotopic (exact) mass is 272 g/mol. The summed E-state index contributed by atoms with van der Waals surface area (Å²) >= 11 is 0. The lowest BCUT2D eigenvalue weighted by Crippen LogP contribution is -2.16. The molecule has 0 unspecified atom stereocenters. The first-order chi connectivity index (χ1) is 9.12. The summed E-state index contributed by atoms with van der Waals surface area (Å²) < 4.78 is 25.7. The second-order valence-corrected chi connectivity index (χ2v) is 5.65. The molecule has 0 aliphatic heterocycles. The van der Waals surface area contributed by atoms with Crippen molar-refractivity contribution in [3.63, 3.8) is 0 Å². The van der Waals surface area contributed by atoms with Gasteiger partial charge in [-0.1, -0.05) is 48.5 Å². The zero-order valence-corrected chi connectivity index (χ0v) is 10.9. The standard InChI is InChI=1S/C14H12N2O2S/c15-10-11-19(17,18)16-14-9-5-4-8-13(14)12-6-2-1-3-7-12/h1-9,16H,11H2. The van der Waals surface area contributed by atoms with Crippen LogP contribution in [0.1, 0.15) is 0 Å². The molecular weight excluding hydrogens is 260 g/mol. The number of nitriles is 1. The molecule has 19 heavy (non-hydrogen) atoms. The van der Waals surface area contributed by atoms with Crippen molar-refractivity contribution in [2.45, 2.75) is 0 Å². The van der Waals surface area contributed by atoms with Crippen LogP contribution < -0.4 is 4.72 Å². The average molecular weight is 272 g/mol. The van der Waals surface area contributed by atoms with E-state index >= 15 is 0 Å². The average Bonchev–Trinajstić information content (AvgIpc) is 2.40. The van der Waals surface area contributed by atoms with Gasteiger partial charge >= 0.3 is 0 Å². The molecule has 0 radical (unpaired) electrons. The number of hydrogen-bond donors (Lipinski definition) is 1. The smallest absolute Gasteiger partial charge is 0.246 e. The van der Waals surface area contributed by atoms with Crippen LogP contribution in [0.5, 0.6) is 0 Å². The van der Waals surface area contributed by atoms with Gasteiger partial charge in [-0.05, 0) is 11.6 Å². The van der Waals surface area contributed by atoms with E-state index in [1.165, 1.54) is 0 Å². The first-order valence-corrected chi connectivity index (χ1v) is 7.29. The molecular formula is C14H12N2O2S. The van der Waals surface area contributed by atoms with Gasteiger partial charge in [0.25, 0.3) is 0 Å². The number of sulfonamides is 1. The van der Waals surface area contributed by atoms with Gasteiger partial charge in [-0.2, -0.15) is 5.26 Å². The molecule has 0 atom stereocenters. The fraction of sp³-hybridized carbons (Fsp3) is 0.0714. The second kappa shape index (κ2) is 5.55. The van der Waals surface area contributed by atoms with Gasteiger partial charge in [0.2, 0.25) is 10.0 Å². The van der Waals surface area contributed by atoms with E-state index in [1.54, 1.807) is 18.2 Å². The summed E-state index contributed by atoms with van der Waals surface area (Å²) in [6.45, 7) is 0. The third kappa shape index (κ3) is 3.33. The van der Waals surface area contributed by atoms with Gasteiger partial charge < -0.3 is 0 Å². The van der Waals surface area contributed by atoms with Crippen LogP contribution in [0.4, 0.5) is 5.69 Å². The summed E-state index contributed by atoms with van der Waals surface area (Å²) in [4.78, 5) is 0. The number of rotatable bonds is 4. The van der Waals surface area contributed by atoms with E-state index in [0.29, 0.717) is 5.69 Å². The number of para-hydroxylation sites is 1. The number of nitrogens with zero attached hydrogens (tertiary/aromatic N) is 1. The molecule has 0 fully saturated rings. The number of nitrogens with one attached hydrogen (secondary N) is 1. The molecule has 96 valence electrons. The summed E-state index contributed by atoms with van der Waals surface area (Å²) in [5, 5.41) is 8.50. The molecule has 0 heterocycles. The van der Waals surface area contributed by atoms with Crippen molar-refractivity contribution in [1.82, 2.24) is 0 Å². The topological polar surface area (TPSA) is 70.0 Å². The Kier molecular flexibility index (Phi) is 3.83. The predicted molar refractivity (Wildman–Crippen MR) is 74.9 cm³/mol. The first-order valence-electron chi connectivity index (χ1n) is 5.64. The maximum atomic E-state index is 11.6. The highest BCUT2D eigenvalue weighted by Crippen LogP contribution is 2.28. The zero-order valence-electron chi connectivity index (χ0n) is 10.1. The lowest BCUT2D eigenvalue weighted by Gasteiger charge is -2.11. The Balaban J connectivity index is 2.41. The normalized spacial score (nSPS) is 10.7. The van der Waals surface area contributed by atoms with Crippen molar-refractivity contribution in [3.8, 4) is 17.2 Å². The summed E-state index contributed by atoms with van der Waals surface area (Å²) in [6.07, 6.45) is 0. The summed E-state index contributed by atoms with van der Waals surface area (Å²) in [5.74, 6) is -0.559. The predicted octanol–water partition coefficient (Wildman–Crippen LogP) is 2.62. The molecule has 1 N–H and O–H groups in total. The van der Waals surface area contributed by atoms with Crippen LogP contribution in [-0.4, -0.2) is 14.2 Å². The third-order valence-corrected chi connectivity index (χ3v) is 3.57. The summed E-state index contributed by atoms with van der Waals surface area (Å²) in [6, 6.07) is 18.2. The van der Waals surface area contributed by atoms with Crippen LogP contribution in [0, 0.1) is 11.3 Å². The molecule has 2 aromatic carbocycles. The van der Waals surface area contributed by atoms with Crippen molar-refractivity contribution in [3.05, 3.63) is 54.6 Å². The van der Waals surface area contributed by atoms with Crippen LogP contribution in [0.2, 0.25) is 0 Å². The molecule has 0 saturated carbocycles. The third-order valence-electron chi connectivity index (χ3n) is 2.53. The quantitative estimate of drug-likeness (QED) is 0.930. The summed E-state index contributed by atoms with van der Waals surface area (Å²) in [7, 11) is -3.63. The van der Waals surface area contributed by atoms with Gasteiger partial charge in [-0.15, -0.1) is 0 Å². The van der Waals surface area contributed by atoms with Crippen molar-refractivity contribution >= 4 is 15.7 Å². The number of hydrogen-bond acceptors (Lipinski definition) is 3. The van der Waals surface area contributed by atoms with Crippen molar-refractivity contribution in [2.24, 2.45) is 0 Å². The largest absolute Gasteiger partial charge is 0.282 e.